The zero-order valence-electron chi connectivity index (χ0n) is 12.7. The molecule has 1 aromatic heterocycles. The first-order valence-corrected chi connectivity index (χ1v) is 7.92. The number of hydrogen-bond donors (Lipinski definition) is 2. The monoisotopic (exact) mass is 400 g/mol. The summed E-state index contributed by atoms with van der Waals surface area (Å²) < 4.78 is 39.1. The lowest BCUT2D eigenvalue weighted by Gasteiger charge is -2.11. The van der Waals surface area contributed by atoms with E-state index >= 15 is 0 Å². The molecule has 3 aromatic rings. The number of aromatic amines is 1. The smallest absolute Gasteiger partial charge is 0.360 e. The van der Waals surface area contributed by atoms with Crippen molar-refractivity contribution in [2.45, 2.75) is 6.18 Å². The van der Waals surface area contributed by atoms with E-state index in [1.807, 2.05) is 0 Å². The highest BCUT2D eigenvalue weighted by Gasteiger charge is 2.33. The van der Waals surface area contributed by atoms with Crippen molar-refractivity contribution in [2.75, 3.05) is 5.32 Å². The van der Waals surface area contributed by atoms with Crippen molar-refractivity contribution >= 4 is 45.7 Å². The fourth-order valence-electron chi connectivity index (χ4n) is 2.44. The van der Waals surface area contributed by atoms with Crippen molar-refractivity contribution in [1.82, 2.24) is 4.98 Å². The summed E-state index contributed by atoms with van der Waals surface area (Å²) in [7, 11) is 0. The zero-order valence-corrected chi connectivity index (χ0v) is 14.3. The van der Waals surface area contributed by atoms with Crippen LogP contribution < -0.4 is 10.7 Å². The fourth-order valence-corrected chi connectivity index (χ4v) is 2.89. The second kappa shape index (κ2) is 6.66. The lowest BCUT2D eigenvalue weighted by molar-refractivity contribution is -0.136. The van der Waals surface area contributed by atoms with E-state index in [-0.39, 0.29) is 27.2 Å². The Hall–Kier alpha value is -2.51. The Balaban J connectivity index is 2.05. The van der Waals surface area contributed by atoms with Crippen molar-refractivity contribution in [3.05, 3.63) is 74.0 Å². The summed E-state index contributed by atoms with van der Waals surface area (Å²) in [5, 5.41) is 2.70. The lowest BCUT2D eigenvalue weighted by atomic mass is 10.1. The number of pyridine rings is 1. The molecule has 0 saturated carbocycles. The Morgan fingerprint density at radius 1 is 1.12 bits per heavy atom. The maximum atomic E-state index is 13.0. The molecule has 1 heterocycles. The van der Waals surface area contributed by atoms with Gasteiger partial charge in [0.2, 0.25) is 5.43 Å². The van der Waals surface area contributed by atoms with Gasteiger partial charge in [0.25, 0.3) is 5.91 Å². The van der Waals surface area contributed by atoms with Gasteiger partial charge >= 0.3 is 6.18 Å². The Bertz CT molecular complexity index is 1080. The predicted molar refractivity (Wildman–Crippen MR) is 94.0 cm³/mol. The number of aromatic nitrogens is 1. The molecule has 2 aromatic carbocycles. The molecule has 0 fully saturated rings. The number of nitrogens with one attached hydrogen (secondary N) is 2. The summed E-state index contributed by atoms with van der Waals surface area (Å²) >= 11 is 11.7. The Morgan fingerprint density at radius 2 is 1.85 bits per heavy atom. The van der Waals surface area contributed by atoms with Crippen molar-refractivity contribution in [3.8, 4) is 0 Å². The van der Waals surface area contributed by atoms with Crippen LogP contribution in [0.15, 0.2) is 47.4 Å². The van der Waals surface area contributed by atoms with E-state index in [0.717, 1.165) is 18.3 Å². The van der Waals surface area contributed by atoms with Gasteiger partial charge in [0.05, 0.1) is 21.8 Å². The highest BCUT2D eigenvalue weighted by molar-refractivity contribution is 6.36. The van der Waals surface area contributed by atoms with Crippen LogP contribution >= 0.6 is 23.2 Å². The molecule has 134 valence electrons. The van der Waals surface area contributed by atoms with E-state index in [1.54, 1.807) is 0 Å². The summed E-state index contributed by atoms with van der Waals surface area (Å²) in [6.45, 7) is 0. The number of rotatable bonds is 2. The van der Waals surface area contributed by atoms with Gasteiger partial charge in [-0.15, -0.1) is 0 Å². The van der Waals surface area contributed by atoms with E-state index in [1.165, 1.54) is 24.3 Å². The molecule has 0 unspecified atom stereocenters. The molecule has 0 aliphatic heterocycles. The molecule has 0 aliphatic rings. The average molecular weight is 401 g/mol. The molecule has 0 radical (unpaired) electrons. The summed E-state index contributed by atoms with van der Waals surface area (Å²) in [4.78, 5) is 27.2. The minimum absolute atomic E-state index is 0.155. The number of halogens is 5. The first kappa shape index (κ1) is 18.3. The number of amides is 1. The van der Waals surface area contributed by atoms with Crippen LogP contribution in [0.1, 0.15) is 15.9 Å². The topological polar surface area (TPSA) is 62.0 Å². The van der Waals surface area contributed by atoms with Crippen LogP contribution in [0.25, 0.3) is 10.9 Å². The molecule has 0 saturated heterocycles. The number of alkyl halides is 3. The van der Waals surface area contributed by atoms with Gasteiger partial charge in [0.15, 0.2) is 0 Å². The molecule has 4 nitrogen and oxygen atoms in total. The van der Waals surface area contributed by atoms with Gasteiger partial charge in [-0.05, 0) is 30.3 Å². The summed E-state index contributed by atoms with van der Waals surface area (Å²) in [5.74, 6) is -0.810. The lowest BCUT2D eigenvalue weighted by Crippen LogP contribution is -2.22. The third-order valence-corrected chi connectivity index (χ3v) is 4.19. The number of H-pyrrole nitrogens is 1. The van der Waals surface area contributed by atoms with Gasteiger partial charge in [0, 0.05) is 16.6 Å². The summed E-state index contributed by atoms with van der Waals surface area (Å²) in [6.07, 6.45) is -3.69. The minimum atomic E-state index is -4.64. The molecule has 0 bridgehead atoms. The molecule has 2 N–H and O–H groups in total. The first-order chi connectivity index (χ1) is 12.2. The van der Waals surface area contributed by atoms with Crippen LogP contribution in [0.4, 0.5) is 18.9 Å². The SMILES string of the molecule is O=C(Nc1ccc(Cl)cc1Cl)c1c[nH]c2c(C(F)(F)F)cccc2c1=O. The number of carbonyl (C=O) groups excluding carboxylic acids is 1. The number of anilines is 1. The van der Waals surface area contributed by atoms with Gasteiger partial charge in [-0.1, -0.05) is 29.3 Å². The standard InChI is InChI=1S/C17H9Cl2F3N2O2/c18-8-4-5-13(12(19)6-8)24-16(26)10-7-23-14-9(15(10)25)2-1-3-11(14)17(20,21)22/h1-7H,(H,23,25)(H,24,26). The first-order valence-electron chi connectivity index (χ1n) is 7.16. The number of fused-ring (bicyclic) bond motifs is 1. The Labute approximate surface area is 154 Å². The Kier molecular flexibility index (Phi) is 4.68. The van der Waals surface area contributed by atoms with E-state index < -0.39 is 23.1 Å². The van der Waals surface area contributed by atoms with Crippen LogP contribution in [0, 0.1) is 0 Å². The van der Waals surface area contributed by atoms with E-state index in [2.05, 4.69) is 10.3 Å². The summed E-state index contributed by atoms with van der Waals surface area (Å²) in [5.41, 5.74) is -2.33. The number of para-hydroxylation sites is 1. The number of benzene rings is 2. The van der Waals surface area contributed by atoms with Gasteiger partial charge < -0.3 is 10.3 Å². The third-order valence-electron chi connectivity index (χ3n) is 3.64. The summed E-state index contributed by atoms with van der Waals surface area (Å²) in [6, 6.07) is 7.51. The average Bonchev–Trinajstić information content (AvgIpc) is 2.56. The maximum Gasteiger partial charge on any atom is 0.418 e. The highest BCUT2D eigenvalue weighted by Crippen LogP contribution is 2.33. The quantitative estimate of drug-likeness (QED) is 0.627. The van der Waals surface area contributed by atoms with Crippen molar-refractivity contribution in [2.24, 2.45) is 0 Å². The van der Waals surface area contributed by atoms with Gasteiger partial charge in [-0.3, -0.25) is 9.59 Å². The van der Waals surface area contributed by atoms with E-state index in [4.69, 9.17) is 23.2 Å². The molecule has 3 rings (SSSR count). The van der Waals surface area contributed by atoms with Crippen LogP contribution in [-0.4, -0.2) is 10.9 Å². The second-order valence-electron chi connectivity index (χ2n) is 5.34. The maximum absolute atomic E-state index is 13.0. The largest absolute Gasteiger partial charge is 0.418 e. The van der Waals surface area contributed by atoms with Crippen molar-refractivity contribution in [1.29, 1.82) is 0 Å². The second-order valence-corrected chi connectivity index (χ2v) is 6.18. The molecule has 1 amide bonds. The molecule has 0 spiro atoms. The normalized spacial score (nSPS) is 11.6. The van der Waals surface area contributed by atoms with Gasteiger partial charge in [-0.25, -0.2) is 0 Å². The van der Waals surface area contributed by atoms with Gasteiger partial charge in [-0.2, -0.15) is 13.2 Å². The van der Waals surface area contributed by atoms with Crippen molar-refractivity contribution in [3.63, 3.8) is 0 Å². The molecule has 9 heteroatoms. The fraction of sp³-hybridized carbons (Fsp3) is 0.0588. The molecular formula is C17H9Cl2F3N2O2. The molecule has 26 heavy (non-hydrogen) atoms. The van der Waals surface area contributed by atoms with Crippen LogP contribution in [0.2, 0.25) is 10.0 Å². The predicted octanol–water partition coefficient (Wildman–Crippen LogP) is 5.11. The van der Waals surface area contributed by atoms with E-state index in [0.29, 0.717) is 5.02 Å². The van der Waals surface area contributed by atoms with E-state index in [9.17, 15) is 22.8 Å². The van der Waals surface area contributed by atoms with Crippen LogP contribution in [0.3, 0.4) is 0 Å². The minimum Gasteiger partial charge on any atom is -0.360 e. The van der Waals surface area contributed by atoms with Crippen LogP contribution in [0.5, 0.6) is 0 Å². The van der Waals surface area contributed by atoms with Crippen LogP contribution in [-0.2, 0) is 6.18 Å². The molecule has 0 atom stereocenters. The zero-order chi connectivity index (χ0) is 19.1. The third kappa shape index (κ3) is 3.40. The van der Waals surface area contributed by atoms with Gasteiger partial charge in [0.1, 0.15) is 5.56 Å². The number of hydrogen-bond acceptors (Lipinski definition) is 2. The highest BCUT2D eigenvalue weighted by atomic mass is 35.5. The Morgan fingerprint density at radius 3 is 2.50 bits per heavy atom. The number of carbonyl (C=O) groups is 1. The van der Waals surface area contributed by atoms with Crippen molar-refractivity contribution < 1.29 is 18.0 Å². The molecule has 0 aliphatic carbocycles. The molecular weight excluding hydrogens is 392 g/mol.